The van der Waals surface area contributed by atoms with Crippen LogP contribution in [0.4, 0.5) is 17.5 Å². The average Bonchev–Trinajstić information content (AvgIpc) is 3.36. The third kappa shape index (κ3) is 3.82. The van der Waals surface area contributed by atoms with Crippen molar-refractivity contribution < 1.29 is 9.32 Å². The quantitative estimate of drug-likeness (QED) is 0.629. The molecule has 6 rings (SSSR count). The second-order valence-corrected chi connectivity index (χ2v) is 11.6. The van der Waals surface area contributed by atoms with Gasteiger partial charge in [-0.05, 0) is 67.5 Å². The molecule has 2 N–H and O–H groups in total. The van der Waals surface area contributed by atoms with Crippen molar-refractivity contribution >= 4 is 39.9 Å². The maximum absolute atomic E-state index is 12.9. The molecule has 174 valence electrons. The third-order valence-electron chi connectivity index (χ3n) is 7.39. The van der Waals surface area contributed by atoms with Crippen molar-refractivity contribution in [1.29, 1.82) is 0 Å². The Morgan fingerprint density at radius 1 is 1.03 bits per heavy atom. The number of nitrogens with one attached hydrogen (secondary N) is 1. The van der Waals surface area contributed by atoms with E-state index in [4.69, 9.17) is 21.6 Å². The first-order valence-electron chi connectivity index (χ1n) is 11.7. The Bertz CT molecular complexity index is 1120. The fraction of sp³-hybridized carbons (Fsp3) is 0.500. The molecule has 4 aliphatic rings. The molecule has 1 fully saturated rings. The lowest BCUT2D eigenvalue weighted by Gasteiger charge is -2.42. The van der Waals surface area contributed by atoms with Crippen LogP contribution in [0.25, 0.3) is 0 Å². The predicted molar refractivity (Wildman–Crippen MR) is 132 cm³/mol. The van der Waals surface area contributed by atoms with Crippen LogP contribution in [-0.2, 0) is 17.2 Å². The summed E-state index contributed by atoms with van der Waals surface area (Å²) in [7, 11) is -1.10. The second kappa shape index (κ2) is 8.25. The summed E-state index contributed by atoms with van der Waals surface area (Å²) < 4.78 is 12.9. The van der Waals surface area contributed by atoms with E-state index >= 15 is 0 Å². The zero-order chi connectivity index (χ0) is 22.6. The van der Waals surface area contributed by atoms with Crippen molar-refractivity contribution in [2.75, 3.05) is 53.7 Å². The number of aliphatic hydroxyl groups excluding tert-OH is 1. The van der Waals surface area contributed by atoms with Gasteiger partial charge >= 0.3 is 0 Å². The van der Waals surface area contributed by atoms with Gasteiger partial charge in [0, 0.05) is 42.6 Å². The first-order valence-corrected chi connectivity index (χ1v) is 13.4. The van der Waals surface area contributed by atoms with Gasteiger partial charge in [-0.1, -0.05) is 11.6 Å². The number of halogens is 1. The Hall–Kier alpha value is -2.16. The summed E-state index contributed by atoms with van der Waals surface area (Å²) in [6.45, 7) is 3.49. The molecule has 0 bridgehead atoms. The maximum atomic E-state index is 12.9. The monoisotopic (exact) mass is 485 g/mol. The Morgan fingerprint density at radius 3 is 2.36 bits per heavy atom. The maximum Gasteiger partial charge on any atom is 0.228 e. The van der Waals surface area contributed by atoms with Crippen LogP contribution >= 0.6 is 11.6 Å². The van der Waals surface area contributed by atoms with Crippen molar-refractivity contribution in [2.24, 2.45) is 0 Å². The molecule has 33 heavy (non-hydrogen) atoms. The number of benzene rings is 1. The van der Waals surface area contributed by atoms with E-state index in [1.165, 1.54) is 16.8 Å². The summed E-state index contributed by atoms with van der Waals surface area (Å²) in [6, 6.07) is 8.02. The van der Waals surface area contributed by atoms with Crippen molar-refractivity contribution in [3.63, 3.8) is 0 Å². The first kappa shape index (κ1) is 21.4. The number of hydrogen-bond acceptors (Lipinski definition) is 7. The SMILES string of the molecule is O=[S@]1CCCc2nc(N3CC4=C(CN(c5ccc(Cl)cc5)C4)C3)nc(NC3(CO)CCC3)c21. The second-order valence-electron chi connectivity index (χ2n) is 9.61. The number of hydrogen-bond donors (Lipinski definition) is 2. The van der Waals surface area contributed by atoms with Crippen LogP contribution in [0.2, 0.25) is 5.02 Å². The minimum atomic E-state index is -1.10. The van der Waals surface area contributed by atoms with E-state index in [9.17, 15) is 9.32 Å². The molecule has 4 heterocycles. The highest BCUT2D eigenvalue weighted by Gasteiger charge is 2.39. The molecule has 1 aromatic heterocycles. The highest BCUT2D eigenvalue weighted by Crippen LogP contribution is 2.39. The fourth-order valence-electron chi connectivity index (χ4n) is 5.33. The largest absolute Gasteiger partial charge is 0.394 e. The molecule has 0 unspecified atom stereocenters. The summed E-state index contributed by atoms with van der Waals surface area (Å²) >= 11 is 6.05. The summed E-state index contributed by atoms with van der Waals surface area (Å²) in [5.41, 5.74) is 4.60. The van der Waals surface area contributed by atoms with E-state index in [2.05, 4.69) is 27.2 Å². The number of aryl methyl sites for hydroxylation is 1. The number of aliphatic hydroxyl groups is 1. The van der Waals surface area contributed by atoms with Crippen molar-refractivity contribution in [2.45, 2.75) is 42.5 Å². The lowest BCUT2D eigenvalue weighted by molar-refractivity contribution is 0.143. The lowest BCUT2D eigenvalue weighted by Crippen LogP contribution is -2.49. The van der Waals surface area contributed by atoms with E-state index in [-0.39, 0.29) is 12.1 Å². The highest BCUT2D eigenvalue weighted by atomic mass is 35.5. The van der Waals surface area contributed by atoms with Gasteiger partial charge in [0.25, 0.3) is 0 Å². The van der Waals surface area contributed by atoms with Gasteiger partial charge in [0.15, 0.2) is 0 Å². The van der Waals surface area contributed by atoms with Crippen LogP contribution in [0.3, 0.4) is 0 Å². The number of nitrogens with zero attached hydrogens (tertiary/aromatic N) is 4. The number of fused-ring (bicyclic) bond motifs is 1. The highest BCUT2D eigenvalue weighted by molar-refractivity contribution is 7.85. The molecular weight excluding hydrogens is 458 g/mol. The van der Waals surface area contributed by atoms with E-state index in [0.29, 0.717) is 17.5 Å². The molecule has 7 nitrogen and oxygen atoms in total. The Morgan fingerprint density at radius 2 is 1.73 bits per heavy atom. The van der Waals surface area contributed by atoms with E-state index < -0.39 is 10.8 Å². The summed E-state index contributed by atoms with van der Waals surface area (Å²) in [5.74, 6) is 2.02. The van der Waals surface area contributed by atoms with Crippen LogP contribution in [0.15, 0.2) is 40.3 Å². The molecule has 0 amide bonds. The minimum Gasteiger partial charge on any atom is -0.394 e. The van der Waals surface area contributed by atoms with Crippen molar-refractivity contribution in [1.82, 2.24) is 9.97 Å². The number of anilines is 3. The van der Waals surface area contributed by atoms with Gasteiger partial charge in [-0.2, -0.15) is 4.98 Å². The smallest absolute Gasteiger partial charge is 0.228 e. The molecule has 1 saturated carbocycles. The summed E-state index contributed by atoms with van der Waals surface area (Å²) in [4.78, 5) is 15.1. The van der Waals surface area contributed by atoms with Crippen LogP contribution in [0.5, 0.6) is 0 Å². The Kier molecular flexibility index (Phi) is 5.35. The van der Waals surface area contributed by atoms with Gasteiger partial charge in [-0.25, -0.2) is 4.98 Å². The molecule has 0 spiro atoms. The third-order valence-corrected chi connectivity index (χ3v) is 9.19. The molecule has 1 aromatic carbocycles. The molecule has 1 aliphatic carbocycles. The van der Waals surface area contributed by atoms with Crippen LogP contribution in [0.1, 0.15) is 31.4 Å². The van der Waals surface area contributed by atoms with E-state index in [0.717, 1.165) is 73.9 Å². The van der Waals surface area contributed by atoms with Gasteiger partial charge in [0.05, 0.1) is 28.6 Å². The number of rotatable bonds is 5. The summed E-state index contributed by atoms with van der Waals surface area (Å²) in [5, 5.41) is 14.2. The molecule has 0 saturated heterocycles. The van der Waals surface area contributed by atoms with Gasteiger partial charge in [0.2, 0.25) is 5.95 Å². The number of aromatic nitrogens is 2. The lowest BCUT2D eigenvalue weighted by atomic mass is 9.77. The molecule has 0 radical (unpaired) electrons. The molecule has 9 heteroatoms. The van der Waals surface area contributed by atoms with Crippen molar-refractivity contribution in [3.05, 3.63) is 46.1 Å². The molecule has 2 aromatic rings. The van der Waals surface area contributed by atoms with Gasteiger partial charge < -0.3 is 20.2 Å². The van der Waals surface area contributed by atoms with Gasteiger partial charge in [-0.3, -0.25) is 4.21 Å². The fourth-order valence-corrected chi connectivity index (χ4v) is 6.78. The molecular formula is C24H28ClN5O2S. The normalized spacial score (nSPS) is 23.4. The van der Waals surface area contributed by atoms with E-state index in [1.807, 2.05) is 12.1 Å². The van der Waals surface area contributed by atoms with E-state index in [1.54, 1.807) is 0 Å². The first-order chi connectivity index (χ1) is 16.0. The minimum absolute atomic E-state index is 0.0633. The Labute approximate surface area is 201 Å². The van der Waals surface area contributed by atoms with Crippen LogP contribution < -0.4 is 15.1 Å². The molecule has 1 atom stereocenters. The topological polar surface area (TPSA) is 81.6 Å². The van der Waals surface area contributed by atoms with Crippen molar-refractivity contribution in [3.8, 4) is 0 Å². The van der Waals surface area contributed by atoms with Crippen LogP contribution in [0, 0.1) is 0 Å². The zero-order valence-electron chi connectivity index (χ0n) is 18.5. The zero-order valence-corrected chi connectivity index (χ0v) is 20.1. The standard InChI is InChI=1S/C24H28ClN5O2S/c25-18-4-6-19(7-5-18)29-11-16-13-30(14-17(16)12-29)23-26-20-3-1-10-33(32)21(20)22(27-23)28-24(15-31)8-2-9-24/h4-7,31H,1-3,8-15H2,(H,26,27,28)/t33-/m0/s1. The Balaban J connectivity index is 1.24. The average molecular weight is 486 g/mol. The molecule has 3 aliphatic heterocycles. The predicted octanol–water partition coefficient (Wildman–Crippen LogP) is 3.15. The van der Waals surface area contributed by atoms with Gasteiger partial charge in [0.1, 0.15) is 10.7 Å². The van der Waals surface area contributed by atoms with Gasteiger partial charge in [-0.15, -0.1) is 0 Å². The van der Waals surface area contributed by atoms with Crippen LogP contribution in [-0.4, -0.2) is 63.4 Å². The summed E-state index contributed by atoms with van der Waals surface area (Å²) in [6.07, 6.45) is 4.60.